The molecule has 1 amide bonds. The first-order valence-corrected chi connectivity index (χ1v) is 10.1. The largest absolute Gasteiger partial charge is 0.340 e. The monoisotopic (exact) mass is 336 g/mol. The van der Waals surface area contributed by atoms with Crippen LogP contribution in [0.2, 0.25) is 0 Å². The molecule has 0 aliphatic carbocycles. The van der Waals surface area contributed by atoms with Gasteiger partial charge < -0.3 is 4.90 Å². The third-order valence-electron chi connectivity index (χ3n) is 4.74. The van der Waals surface area contributed by atoms with Gasteiger partial charge in [-0.05, 0) is 31.4 Å². The number of hydrogen-bond donors (Lipinski definition) is 0. The summed E-state index contributed by atoms with van der Waals surface area (Å²) in [5, 5.41) is 0. The van der Waals surface area contributed by atoms with Crippen LogP contribution in [0.5, 0.6) is 0 Å². The van der Waals surface area contributed by atoms with Crippen LogP contribution in [0.1, 0.15) is 24.8 Å². The van der Waals surface area contributed by atoms with Gasteiger partial charge in [-0.15, -0.1) is 0 Å². The van der Waals surface area contributed by atoms with Gasteiger partial charge in [-0.1, -0.05) is 30.3 Å². The summed E-state index contributed by atoms with van der Waals surface area (Å²) in [6.45, 7) is 2.62. The van der Waals surface area contributed by atoms with Crippen molar-refractivity contribution in [2.45, 2.75) is 31.8 Å². The number of benzene rings is 1. The van der Waals surface area contributed by atoms with Crippen LogP contribution in [0.4, 0.5) is 0 Å². The van der Waals surface area contributed by atoms with E-state index in [4.69, 9.17) is 0 Å². The summed E-state index contributed by atoms with van der Waals surface area (Å²) >= 11 is 0. The molecular formula is C17H24N2O3S. The predicted molar refractivity (Wildman–Crippen MR) is 89.7 cm³/mol. The molecule has 0 unspecified atom stereocenters. The summed E-state index contributed by atoms with van der Waals surface area (Å²) in [6, 6.07) is 10.1. The van der Waals surface area contributed by atoms with Gasteiger partial charge in [0.05, 0.1) is 17.5 Å². The van der Waals surface area contributed by atoms with E-state index in [-0.39, 0.29) is 23.5 Å². The predicted octanol–water partition coefficient (Wildman–Crippen LogP) is 1.30. The van der Waals surface area contributed by atoms with Gasteiger partial charge in [0, 0.05) is 19.6 Å². The van der Waals surface area contributed by atoms with Gasteiger partial charge in [0.15, 0.2) is 9.84 Å². The zero-order valence-electron chi connectivity index (χ0n) is 13.4. The Kier molecular flexibility index (Phi) is 5.02. The average Bonchev–Trinajstić information content (AvgIpc) is 2.90. The van der Waals surface area contributed by atoms with Crippen LogP contribution in [0.25, 0.3) is 0 Å². The van der Waals surface area contributed by atoms with Crippen molar-refractivity contribution in [1.82, 2.24) is 9.80 Å². The smallest absolute Gasteiger partial charge is 0.239 e. The molecule has 1 atom stereocenters. The Hall–Kier alpha value is -1.40. The second kappa shape index (κ2) is 7.01. The van der Waals surface area contributed by atoms with Gasteiger partial charge in [0.1, 0.15) is 0 Å². The minimum Gasteiger partial charge on any atom is -0.340 e. The molecule has 0 bridgehead atoms. The van der Waals surface area contributed by atoms with E-state index in [0.717, 1.165) is 25.9 Å². The minimum absolute atomic E-state index is 0.101. The van der Waals surface area contributed by atoms with E-state index in [1.54, 1.807) is 4.90 Å². The zero-order chi connectivity index (χ0) is 16.3. The van der Waals surface area contributed by atoms with Crippen LogP contribution in [0.15, 0.2) is 30.3 Å². The molecule has 3 rings (SSSR count). The molecule has 0 radical (unpaired) electrons. The van der Waals surface area contributed by atoms with E-state index in [0.29, 0.717) is 19.5 Å². The summed E-state index contributed by atoms with van der Waals surface area (Å²) < 4.78 is 23.4. The van der Waals surface area contributed by atoms with E-state index < -0.39 is 9.84 Å². The third kappa shape index (κ3) is 4.12. The topological polar surface area (TPSA) is 57.7 Å². The molecule has 0 N–H and O–H groups in total. The van der Waals surface area contributed by atoms with Gasteiger partial charge in [-0.25, -0.2) is 8.42 Å². The third-order valence-corrected chi connectivity index (χ3v) is 6.46. The van der Waals surface area contributed by atoms with Crippen molar-refractivity contribution in [3.63, 3.8) is 0 Å². The van der Waals surface area contributed by atoms with E-state index in [9.17, 15) is 13.2 Å². The van der Waals surface area contributed by atoms with E-state index in [1.165, 1.54) is 5.56 Å². The number of likely N-dealkylation sites (tertiary alicyclic amines) is 1. The number of rotatable bonds is 3. The number of hydrogen-bond acceptors (Lipinski definition) is 4. The highest BCUT2D eigenvalue weighted by atomic mass is 32.2. The molecule has 126 valence electrons. The lowest BCUT2D eigenvalue weighted by Gasteiger charge is -2.29. The second-order valence-corrected chi connectivity index (χ2v) is 8.75. The van der Waals surface area contributed by atoms with Crippen LogP contribution >= 0.6 is 0 Å². The maximum atomic E-state index is 12.9. The fraction of sp³-hybridized carbons (Fsp3) is 0.588. The van der Waals surface area contributed by atoms with Crippen LogP contribution in [0, 0.1) is 0 Å². The van der Waals surface area contributed by atoms with Crippen LogP contribution in [-0.4, -0.2) is 61.3 Å². The summed E-state index contributed by atoms with van der Waals surface area (Å²) in [4.78, 5) is 16.8. The number of carbonyl (C=O) groups excluding carboxylic acids is 1. The average molecular weight is 336 g/mol. The number of carbonyl (C=O) groups is 1. The molecule has 5 nitrogen and oxygen atoms in total. The number of amides is 1. The van der Waals surface area contributed by atoms with Crippen molar-refractivity contribution >= 4 is 15.7 Å². The Bertz CT molecular complexity index is 645. The Labute approximate surface area is 138 Å². The standard InChI is InChI=1S/C17H24N2O3S/c20-17(18-10-5-12-23(21,22)13-11-18)16-8-4-9-19(16)14-15-6-2-1-3-7-15/h1-3,6-7,16H,4-5,8-14H2/t16-/m0/s1. The van der Waals surface area contributed by atoms with Crippen LogP contribution < -0.4 is 0 Å². The van der Waals surface area contributed by atoms with Crippen molar-refractivity contribution < 1.29 is 13.2 Å². The normalized spacial score (nSPS) is 25.2. The highest BCUT2D eigenvalue weighted by Crippen LogP contribution is 2.22. The molecule has 2 fully saturated rings. The molecule has 1 aromatic carbocycles. The maximum absolute atomic E-state index is 12.9. The Morgan fingerprint density at radius 1 is 1.04 bits per heavy atom. The van der Waals surface area contributed by atoms with Gasteiger partial charge in [0.2, 0.25) is 5.91 Å². The molecule has 2 aliphatic heterocycles. The zero-order valence-corrected chi connectivity index (χ0v) is 14.2. The fourth-order valence-corrected chi connectivity index (χ4v) is 4.75. The molecule has 6 heteroatoms. The summed E-state index contributed by atoms with van der Waals surface area (Å²) in [5.41, 5.74) is 1.21. The molecule has 0 aromatic heterocycles. The molecule has 2 aliphatic rings. The first kappa shape index (κ1) is 16.5. The van der Waals surface area contributed by atoms with Gasteiger partial charge in [-0.3, -0.25) is 9.69 Å². The number of nitrogens with zero attached hydrogens (tertiary/aromatic N) is 2. The lowest BCUT2D eigenvalue weighted by atomic mass is 10.1. The lowest BCUT2D eigenvalue weighted by Crippen LogP contribution is -2.46. The van der Waals surface area contributed by atoms with Crippen molar-refractivity contribution in [2.75, 3.05) is 31.1 Å². The van der Waals surface area contributed by atoms with Gasteiger partial charge in [0.25, 0.3) is 0 Å². The summed E-state index contributed by atoms with van der Waals surface area (Å²) in [5.74, 6) is 0.412. The molecule has 23 heavy (non-hydrogen) atoms. The molecule has 1 aromatic rings. The quantitative estimate of drug-likeness (QED) is 0.835. The maximum Gasteiger partial charge on any atom is 0.239 e. The Morgan fingerprint density at radius 2 is 1.83 bits per heavy atom. The molecule has 2 saturated heterocycles. The molecule has 0 saturated carbocycles. The summed E-state index contributed by atoms with van der Waals surface area (Å²) in [7, 11) is -2.98. The van der Waals surface area contributed by atoms with E-state index >= 15 is 0 Å². The molecule has 2 heterocycles. The van der Waals surface area contributed by atoms with Crippen molar-refractivity contribution in [2.24, 2.45) is 0 Å². The SMILES string of the molecule is O=C([C@@H]1CCCN1Cc1ccccc1)N1CCCS(=O)(=O)CC1. The second-order valence-electron chi connectivity index (χ2n) is 6.44. The number of sulfone groups is 1. The van der Waals surface area contributed by atoms with Crippen molar-refractivity contribution in [3.05, 3.63) is 35.9 Å². The van der Waals surface area contributed by atoms with E-state index in [2.05, 4.69) is 17.0 Å². The lowest BCUT2D eigenvalue weighted by molar-refractivity contribution is -0.135. The highest BCUT2D eigenvalue weighted by Gasteiger charge is 2.34. The van der Waals surface area contributed by atoms with Crippen molar-refractivity contribution in [3.8, 4) is 0 Å². The molecular weight excluding hydrogens is 312 g/mol. The Morgan fingerprint density at radius 3 is 2.61 bits per heavy atom. The molecule has 0 spiro atoms. The fourth-order valence-electron chi connectivity index (χ4n) is 3.48. The van der Waals surface area contributed by atoms with Gasteiger partial charge >= 0.3 is 0 Å². The first-order valence-electron chi connectivity index (χ1n) is 8.32. The summed E-state index contributed by atoms with van der Waals surface area (Å²) in [6.07, 6.45) is 2.45. The first-order chi connectivity index (χ1) is 11.1. The minimum atomic E-state index is -2.98. The van der Waals surface area contributed by atoms with Gasteiger partial charge in [-0.2, -0.15) is 0 Å². The highest BCUT2D eigenvalue weighted by molar-refractivity contribution is 7.91. The Balaban J connectivity index is 1.66. The van der Waals surface area contributed by atoms with Crippen molar-refractivity contribution in [1.29, 1.82) is 0 Å². The van der Waals surface area contributed by atoms with Crippen LogP contribution in [-0.2, 0) is 21.2 Å². The van der Waals surface area contributed by atoms with Crippen LogP contribution in [0.3, 0.4) is 0 Å². The van der Waals surface area contributed by atoms with E-state index in [1.807, 2.05) is 18.2 Å².